The maximum absolute atomic E-state index is 9.81. The summed E-state index contributed by atoms with van der Waals surface area (Å²) in [4.78, 5) is 0. The molecule has 5 nitrogen and oxygen atoms in total. The summed E-state index contributed by atoms with van der Waals surface area (Å²) in [6.45, 7) is 1.16. The van der Waals surface area contributed by atoms with Crippen LogP contribution < -0.4 is 10.1 Å². The Hall–Kier alpha value is -1.30. The molecule has 1 aromatic carbocycles. The van der Waals surface area contributed by atoms with Gasteiger partial charge in [-0.2, -0.15) is 0 Å². The topological polar surface area (TPSA) is 71.0 Å². The van der Waals surface area contributed by atoms with Gasteiger partial charge in [-0.05, 0) is 6.07 Å². The Balaban J connectivity index is 2.46. The average molecular weight is 241 g/mol. The van der Waals surface area contributed by atoms with Gasteiger partial charge in [0.15, 0.2) is 11.5 Å². The van der Waals surface area contributed by atoms with Gasteiger partial charge < -0.3 is 25.0 Å². The number of para-hydroxylation sites is 1. The third-order valence-electron chi connectivity index (χ3n) is 2.36. The number of hydrogen-bond acceptors (Lipinski definition) is 5. The molecule has 0 saturated carbocycles. The van der Waals surface area contributed by atoms with Crippen LogP contribution in [-0.2, 0) is 11.3 Å². The molecular weight excluding hydrogens is 222 g/mol. The van der Waals surface area contributed by atoms with Gasteiger partial charge in [0, 0.05) is 25.8 Å². The second-order valence-corrected chi connectivity index (χ2v) is 3.71. The lowest BCUT2D eigenvalue weighted by molar-refractivity contribution is 0.0644. The first-order chi connectivity index (χ1) is 8.19. The van der Waals surface area contributed by atoms with Crippen molar-refractivity contribution in [3.05, 3.63) is 23.8 Å². The fourth-order valence-corrected chi connectivity index (χ4v) is 1.50. The van der Waals surface area contributed by atoms with Gasteiger partial charge in [0.1, 0.15) is 0 Å². The van der Waals surface area contributed by atoms with Crippen molar-refractivity contribution in [2.75, 3.05) is 27.4 Å². The molecule has 0 heterocycles. The van der Waals surface area contributed by atoms with E-state index < -0.39 is 6.10 Å². The maximum atomic E-state index is 9.81. The number of benzene rings is 1. The summed E-state index contributed by atoms with van der Waals surface area (Å²) < 4.78 is 9.81. The van der Waals surface area contributed by atoms with Crippen LogP contribution in [0.2, 0.25) is 0 Å². The summed E-state index contributed by atoms with van der Waals surface area (Å²) in [5.41, 5.74) is 0.731. The highest BCUT2D eigenvalue weighted by Crippen LogP contribution is 2.28. The summed E-state index contributed by atoms with van der Waals surface area (Å²) in [5.74, 6) is 0.575. The smallest absolute Gasteiger partial charge is 0.162 e. The summed E-state index contributed by atoms with van der Waals surface area (Å²) in [7, 11) is 3.05. The fraction of sp³-hybridized carbons (Fsp3) is 0.500. The van der Waals surface area contributed by atoms with E-state index in [-0.39, 0.29) is 12.4 Å². The number of hydrogen-bond donors (Lipinski definition) is 3. The van der Waals surface area contributed by atoms with Crippen LogP contribution >= 0.6 is 0 Å². The van der Waals surface area contributed by atoms with Gasteiger partial charge in [-0.15, -0.1) is 0 Å². The van der Waals surface area contributed by atoms with Crippen LogP contribution in [0.25, 0.3) is 0 Å². The Morgan fingerprint density at radius 3 is 2.76 bits per heavy atom. The predicted octanol–water partition coefficient (Wildman–Crippen LogP) is 0.498. The molecular formula is C12H19NO4. The molecule has 1 aromatic rings. The summed E-state index contributed by atoms with van der Waals surface area (Å²) in [5, 5.41) is 22.3. The molecule has 0 aliphatic rings. The molecule has 0 saturated heterocycles. The second kappa shape index (κ2) is 7.11. The summed E-state index contributed by atoms with van der Waals surface area (Å²) >= 11 is 0. The van der Waals surface area contributed by atoms with Crippen LogP contribution in [0.3, 0.4) is 0 Å². The van der Waals surface area contributed by atoms with E-state index in [4.69, 9.17) is 9.47 Å². The van der Waals surface area contributed by atoms with Crippen molar-refractivity contribution in [3.8, 4) is 11.5 Å². The quantitative estimate of drug-likeness (QED) is 0.648. The number of ether oxygens (including phenoxy) is 2. The number of aliphatic hydroxyl groups is 1. The number of aliphatic hydroxyl groups excluding tert-OH is 1. The first-order valence-electron chi connectivity index (χ1n) is 5.41. The van der Waals surface area contributed by atoms with Gasteiger partial charge in [-0.3, -0.25) is 0 Å². The molecule has 17 heavy (non-hydrogen) atoms. The Labute approximate surface area is 101 Å². The summed E-state index contributed by atoms with van der Waals surface area (Å²) in [6.07, 6.45) is -0.548. The van der Waals surface area contributed by atoms with Gasteiger partial charge in [-0.25, -0.2) is 0 Å². The number of aromatic hydroxyl groups is 1. The van der Waals surface area contributed by atoms with E-state index in [0.717, 1.165) is 5.56 Å². The van der Waals surface area contributed by atoms with E-state index in [0.29, 0.717) is 18.8 Å². The first-order valence-corrected chi connectivity index (χ1v) is 5.41. The summed E-state index contributed by atoms with van der Waals surface area (Å²) in [6, 6.07) is 5.30. The van der Waals surface area contributed by atoms with Crippen LogP contribution in [0.1, 0.15) is 5.56 Å². The number of rotatable bonds is 7. The van der Waals surface area contributed by atoms with Crippen LogP contribution in [-0.4, -0.2) is 43.7 Å². The normalized spacial score (nSPS) is 12.4. The molecule has 0 spiro atoms. The molecule has 1 rings (SSSR count). The van der Waals surface area contributed by atoms with Crippen molar-refractivity contribution in [2.45, 2.75) is 12.6 Å². The van der Waals surface area contributed by atoms with E-state index >= 15 is 0 Å². The minimum Gasteiger partial charge on any atom is -0.504 e. The first kappa shape index (κ1) is 13.8. The van der Waals surface area contributed by atoms with Crippen LogP contribution in [0.4, 0.5) is 0 Å². The standard InChI is InChI=1S/C12H19NO4/c1-16-8-10(14)7-13-6-9-4-3-5-11(17-2)12(9)15/h3-5,10,13-15H,6-8H2,1-2H3. The monoisotopic (exact) mass is 241 g/mol. The van der Waals surface area contributed by atoms with Crippen molar-refractivity contribution in [1.82, 2.24) is 5.32 Å². The minimum absolute atomic E-state index is 0.128. The third kappa shape index (κ3) is 4.22. The lowest BCUT2D eigenvalue weighted by Gasteiger charge is -2.12. The molecule has 3 N–H and O–H groups in total. The number of phenols is 1. The van der Waals surface area contributed by atoms with Crippen LogP contribution in [0.5, 0.6) is 11.5 Å². The third-order valence-corrected chi connectivity index (χ3v) is 2.36. The van der Waals surface area contributed by atoms with E-state index in [1.807, 2.05) is 0 Å². The van der Waals surface area contributed by atoms with Crippen molar-refractivity contribution in [2.24, 2.45) is 0 Å². The highest BCUT2D eigenvalue weighted by Gasteiger charge is 2.08. The molecule has 96 valence electrons. The Morgan fingerprint density at radius 2 is 2.12 bits per heavy atom. The van der Waals surface area contributed by atoms with Crippen LogP contribution in [0.15, 0.2) is 18.2 Å². The van der Waals surface area contributed by atoms with E-state index in [1.165, 1.54) is 14.2 Å². The molecule has 5 heteroatoms. The predicted molar refractivity (Wildman–Crippen MR) is 64.2 cm³/mol. The van der Waals surface area contributed by atoms with E-state index in [2.05, 4.69) is 5.32 Å². The zero-order chi connectivity index (χ0) is 12.7. The molecule has 1 atom stereocenters. The van der Waals surface area contributed by atoms with Gasteiger partial charge in [0.2, 0.25) is 0 Å². The SMILES string of the molecule is COCC(O)CNCc1cccc(OC)c1O. The largest absolute Gasteiger partial charge is 0.504 e. The van der Waals surface area contributed by atoms with Crippen molar-refractivity contribution in [3.63, 3.8) is 0 Å². The molecule has 0 aliphatic heterocycles. The molecule has 0 aromatic heterocycles. The van der Waals surface area contributed by atoms with Crippen LogP contribution in [0, 0.1) is 0 Å². The van der Waals surface area contributed by atoms with Gasteiger partial charge in [-0.1, -0.05) is 12.1 Å². The molecule has 0 amide bonds. The average Bonchev–Trinajstić information content (AvgIpc) is 2.32. The zero-order valence-corrected chi connectivity index (χ0v) is 10.1. The Bertz CT molecular complexity index is 343. The molecule has 0 fully saturated rings. The maximum Gasteiger partial charge on any atom is 0.162 e. The second-order valence-electron chi connectivity index (χ2n) is 3.71. The van der Waals surface area contributed by atoms with E-state index in [1.54, 1.807) is 18.2 Å². The lowest BCUT2D eigenvalue weighted by atomic mass is 10.2. The Kier molecular flexibility index (Phi) is 5.76. The zero-order valence-electron chi connectivity index (χ0n) is 10.1. The molecule has 0 bridgehead atoms. The van der Waals surface area contributed by atoms with Crippen molar-refractivity contribution < 1.29 is 19.7 Å². The van der Waals surface area contributed by atoms with Gasteiger partial charge in [0.05, 0.1) is 19.8 Å². The molecule has 0 radical (unpaired) electrons. The lowest BCUT2D eigenvalue weighted by Crippen LogP contribution is -2.29. The number of methoxy groups -OCH3 is 2. The number of nitrogens with one attached hydrogen (secondary N) is 1. The van der Waals surface area contributed by atoms with Crippen molar-refractivity contribution in [1.29, 1.82) is 0 Å². The molecule has 0 aliphatic carbocycles. The fourth-order valence-electron chi connectivity index (χ4n) is 1.50. The van der Waals surface area contributed by atoms with Gasteiger partial charge in [0.25, 0.3) is 0 Å². The van der Waals surface area contributed by atoms with E-state index in [9.17, 15) is 10.2 Å². The Morgan fingerprint density at radius 1 is 1.35 bits per heavy atom. The van der Waals surface area contributed by atoms with Gasteiger partial charge >= 0.3 is 0 Å². The van der Waals surface area contributed by atoms with Crippen molar-refractivity contribution >= 4 is 0 Å². The highest BCUT2D eigenvalue weighted by molar-refractivity contribution is 5.45. The number of phenolic OH excluding ortho intramolecular Hbond substituents is 1. The molecule has 1 unspecified atom stereocenters. The minimum atomic E-state index is -0.548. The highest BCUT2D eigenvalue weighted by atomic mass is 16.5.